The number of anilines is 1. The number of carbonyl (C=O) groups excluding carboxylic acids is 1. The number of aromatic nitrogens is 1. The van der Waals surface area contributed by atoms with E-state index in [4.69, 9.17) is 0 Å². The van der Waals surface area contributed by atoms with Crippen molar-refractivity contribution >= 4 is 23.2 Å². The molecule has 2 N–H and O–H groups in total. The molecule has 2 aliphatic rings. The summed E-state index contributed by atoms with van der Waals surface area (Å²) in [6.07, 6.45) is 6.86. The van der Waals surface area contributed by atoms with Gasteiger partial charge in [0.1, 0.15) is 5.94 Å². The maximum Gasteiger partial charge on any atom is 0.338 e. The fraction of sp³-hybridized carbons (Fsp3) is 0.238. The van der Waals surface area contributed by atoms with Gasteiger partial charge in [0.15, 0.2) is 0 Å². The minimum atomic E-state index is -1.13. The molecule has 0 saturated heterocycles. The van der Waals surface area contributed by atoms with Crippen molar-refractivity contribution in [3.63, 3.8) is 0 Å². The van der Waals surface area contributed by atoms with Gasteiger partial charge in [0.05, 0.1) is 23.4 Å². The van der Waals surface area contributed by atoms with Crippen molar-refractivity contribution in [2.75, 3.05) is 4.90 Å². The van der Waals surface area contributed by atoms with Gasteiger partial charge in [-0.15, -0.1) is 0 Å². The number of pyridine rings is 1. The van der Waals surface area contributed by atoms with Crippen LogP contribution < -0.4 is 4.90 Å². The second-order valence-electron chi connectivity index (χ2n) is 6.84. The van der Waals surface area contributed by atoms with E-state index < -0.39 is 5.97 Å². The summed E-state index contributed by atoms with van der Waals surface area (Å²) in [5, 5.41) is 18.9. The molecule has 6 heteroatoms. The van der Waals surface area contributed by atoms with Gasteiger partial charge in [-0.05, 0) is 42.5 Å². The average Bonchev–Trinajstić information content (AvgIpc) is 3.52. The number of aliphatic hydroxyl groups excluding tert-OH is 1. The van der Waals surface area contributed by atoms with Crippen LogP contribution in [0.15, 0.2) is 42.4 Å². The summed E-state index contributed by atoms with van der Waals surface area (Å²) in [5.74, 6) is 0.688. The molecule has 0 bridgehead atoms. The van der Waals surface area contributed by atoms with Crippen molar-refractivity contribution in [1.29, 1.82) is 0 Å². The number of rotatable bonds is 4. The Labute approximate surface area is 156 Å². The van der Waals surface area contributed by atoms with Crippen LogP contribution in [-0.4, -0.2) is 33.1 Å². The van der Waals surface area contributed by atoms with E-state index in [9.17, 15) is 19.8 Å². The van der Waals surface area contributed by atoms with Crippen molar-refractivity contribution in [2.45, 2.75) is 32.4 Å². The number of carboxylic acids is 1. The van der Waals surface area contributed by atoms with Gasteiger partial charge in [-0.2, -0.15) is 0 Å². The molecule has 27 heavy (non-hydrogen) atoms. The monoisotopic (exact) mass is 362 g/mol. The lowest BCUT2D eigenvalue weighted by Gasteiger charge is -2.31. The highest BCUT2D eigenvalue weighted by atomic mass is 16.4. The number of hydrogen-bond donors (Lipinski definition) is 2. The summed E-state index contributed by atoms with van der Waals surface area (Å²) in [4.78, 5) is 29.4. The summed E-state index contributed by atoms with van der Waals surface area (Å²) in [6, 6.07) is 5.75. The predicted molar refractivity (Wildman–Crippen MR) is 101 cm³/mol. The van der Waals surface area contributed by atoms with Gasteiger partial charge >= 0.3 is 5.97 Å². The first kappa shape index (κ1) is 17.2. The van der Waals surface area contributed by atoms with E-state index in [1.165, 1.54) is 0 Å². The third-order valence-corrected chi connectivity index (χ3v) is 5.06. The molecule has 4 rings (SSSR count). The van der Waals surface area contributed by atoms with Crippen LogP contribution in [-0.2, 0) is 16.2 Å². The standard InChI is InChI=1S/C21H18N2O4/c1-12-16(14-6-13(10-24)7-22-8-14)4-5-17-19(11-25)18(21(26)27)9-23(20(12)17)15-2-3-15/h4-9,15,24H,2-3,10H2,1H3,(H,26,27). The lowest BCUT2D eigenvalue weighted by Crippen LogP contribution is -2.27. The first-order valence-corrected chi connectivity index (χ1v) is 8.73. The van der Waals surface area contributed by atoms with Gasteiger partial charge in [0.2, 0.25) is 0 Å². The van der Waals surface area contributed by atoms with Crippen LogP contribution in [0.25, 0.3) is 16.7 Å². The SMILES string of the molecule is Cc1c(-c2cncc(CO)c2)ccc2c1N(C1CC1)C=C(C(=O)O)C2=C=O. The number of aliphatic hydroxyl groups is 1. The van der Waals surface area contributed by atoms with Crippen LogP contribution in [0.3, 0.4) is 0 Å². The second kappa shape index (κ2) is 6.50. The van der Waals surface area contributed by atoms with Gasteiger partial charge in [-0.25, -0.2) is 9.59 Å². The molecular weight excluding hydrogens is 344 g/mol. The van der Waals surface area contributed by atoms with Gasteiger partial charge in [0.25, 0.3) is 0 Å². The van der Waals surface area contributed by atoms with Gasteiger partial charge in [0, 0.05) is 35.8 Å². The first-order valence-electron chi connectivity index (χ1n) is 8.73. The quantitative estimate of drug-likeness (QED) is 0.813. The molecule has 2 heterocycles. The van der Waals surface area contributed by atoms with Crippen LogP contribution in [0.4, 0.5) is 5.69 Å². The van der Waals surface area contributed by atoms with E-state index in [0.29, 0.717) is 11.1 Å². The molecule has 1 aromatic carbocycles. The fourth-order valence-corrected chi connectivity index (χ4v) is 3.59. The van der Waals surface area contributed by atoms with Gasteiger partial charge in [-0.3, -0.25) is 4.98 Å². The maximum atomic E-state index is 11.6. The lowest BCUT2D eigenvalue weighted by atomic mass is 9.88. The molecule has 1 aliphatic heterocycles. The zero-order valence-electron chi connectivity index (χ0n) is 14.8. The van der Waals surface area contributed by atoms with E-state index in [1.807, 2.05) is 29.9 Å². The lowest BCUT2D eigenvalue weighted by molar-refractivity contribution is -0.132. The summed E-state index contributed by atoms with van der Waals surface area (Å²) in [5.41, 5.74) is 4.92. The topological polar surface area (TPSA) is 90.7 Å². The molecule has 1 saturated carbocycles. The Balaban J connectivity index is 1.93. The minimum absolute atomic E-state index is 0.0273. The molecule has 0 radical (unpaired) electrons. The number of fused-ring (bicyclic) bond motifs is 1. The molecule has 0 atom stereocenters. The highest BCUT2D eigenvalue weighted by molar-refractivity contribution is 6.16. The third-order valence-electron chi connectivity index (χ3n) is 5.06. The Morgan fingerprint density at radius 2 is 2.04 bits per heavy atom. The number of hydrogen-bond acceptors (Lipinski definition) is 5. The van der Waals surface area contributed by atoms with Crippen molar-refractivity contribution in [1.82, 2.24) is 4.98 Å². The van der Waals surface area contributed by atoms with E-state index in [1.54, 1.807) is 24.7 Å². The number of benzene rings is 1. The summed E-state index contributed by atoms with van der Waals surface area (Å²) < 4.78 is 0. The highest BCUT2D eigenvalue weighted by Crippen LogP contribution is 2.46. The Kier molecular flexibility index (Phi) is 4.15. The van der Waals surface area contributed by atoms with Crippen LogP contribution in [0.2, 0.25) is 0 Å². The largest absolute Gasteiger partial charge is 0.478 e. The Morgan fingerprint density at radius 1 is 1.30 bits per heavy atom. The predicted octanol–water partition coefficient (Wildman–Crippen LogP) is 2.72. The van der Waals surface area contributed by atoms with E-state index >= 15 is 0 Å². The fourth-order valence-electron chi connectivity index (χ4n) is 3.59. The maximum absolute atomic E-state index is 11.6. The third kappa shape index (κ3) is 2.85. The van der Waals surface area contributed by atoms with Crippen LogP contribution in [0, 0.1) is 6.92 Å². The molecule has 136 valence electrons. The molecule has 1 aromatic heterocycles. The molecule has 0 unspecified atom stereocenters. The van der Waals surface area contributed by atoms with Gasteiger partial charge < -0.3 is 15.1 Å². The number of carboxylic acid groups (broad SMARTS) is 1. The van der Waals surface area contributed by atoms with E-state index in [-0.39, 0.29) is 23.8 Å². The number of carbonyl (C=O) groups is 1. The van der Waals surface area contributed by atoms with Crippen molar-refractivity contribution < 1.29 is 19.8 Å². The summed E-state index contributed by atoms with van der Waals surface area (Å²) >= 11 is 0. The highest BCUT2D eigenvalue weighted by Gasteiger charge is 2.36. The molecule has 2 aromatic rings. The Morgan fingerprint density at radius 3 is 2.67 bits per heavy atom. The van der Waals surface area contributed by atoms with Crippen LogP contribution in [0.5, 0.6) is 0 Å². The molecule has 0 amide bonds. The molecule has 1 aliphatic carbocycles. The first-order chi connectivity index (χ1) is 13.0. The molecule has 0 spiro atoms. The average molecular weight is 362 g/mol. The smallest absolute Gasteiger partial charge is 0.338 e. The van der Waals surface area contributed by atoms with Crippen molar-refractivity contribution in [3.8, 4) is 11.1 Å². The second-order valence-corrected chi connectivity index (χ2v) is 6.84. The zero-order valence-corrected chi connectivity index (χ0v) is 14.8. The van der Waals surface area contributed by atoms with Crippen LogP contribution in [0.1, 0.15) is 29.5 Å². The van der Waals surface area contributed by atoms with E-state index in [2.05, 4.69) is 4.98 Å². The van der Waals surface area contributed by atoms with Crippen LogP contribution >= 0.6 is 0 Å². The molecular formula is C21H18N2O4. The summed E-state index contributed by atoms with van der Waals surface area (Å²) in [7, 11) is 0. The molecule has 6 nitrogen and oxygen atoms in total. The van der Waals surface area contributed by atoms with Gasteiger partial charge in [-0.1, -0.05) is 12.1 Å². The van der Waals surface area contributed by atoms with E-state index in [0.717, 1.165) is 35.2 Å². The zero-order chi connectivity index (χ0) is 19.1. The Hall–Kier alpha value is -3.21. The van der Waals surface area contributed by atoms with Crippen molar-refractivity contribution in [2.24, 2.45) is 0 Å². The molecule has 1 fully saturated rings. The Bertz CT molecular complexity index is 1030. The van der Waals surface area contributed by atoms with Crippen molar-refractivity contribution in [3.05, 3.63) is 59.1 Å². The number of aliphatic carboxylic acids is 1. The summed E-state index contributed by atoms with van der Waals surface area (Å²) in [6.45, 7) is 1.86. The normalized spacial score (nSPS) is 15.9. The number of nitrogens with zero attached hydrogens (tertiary/aromatic N) is 2. The minimum Gasteiger partial charge on any atom is -0.478 e.